The molecular weight excluding hydrogens is 658 g/mol. The van der Waals surface area contributed by atoms with E-state index < -0.39 is 82.4 Å². The van der Waals surface area contributed by atoms with Crippen LogP contribution in [0.4, 0.5) is 35.1 Å². The minimum Gasteiger partial charge on any atom is -0.336 e. The Hall–Kier alpha value is -3.26. The highest BCUT2D eigenvalue weighted by molar-refractivity contribution is 7.92. The van der Waals surface area contributed by atoms with Crippen LogP contribution in [0.5, 0.6) is 0 Å². The first-order valence-corrected chi connectivity index (χ1v) is 17.0. The number of likely N-dealkylation sites (tertiary alicyclic amines) is 1. The summed E-state index contributed by atoms with van der Waals surface area (Å²) in [7, 11) is -7.73. The minimum absolute atomic E-state index is 0.234. The smallest absolute Gasteiger partial charge is 0.336 e. The lowest BCUT2D eigenvalue weighted by molar-refractivity contribution is -0.348. The first-order chi connectivity index (χ1) is 20.7. The number of rotatable bonds is 4. The van der Waals surface area contributed by atoms with Crippen molar-refractivity contribution in [2.75, 3.05) is 18.1 Å². The molecule has 2 aliphatic heterocycles. The van der Waals surface area contributed by atoms with Crippen molar-refractivity contribution in [1.82, 2.24) is 4.90 Å². The number of aryl methyl sites for hydroxylation is 1. The average Bonchev–Trinajstić information content (AvgIpc) is 3.37. The fourth-order valence-corrected chi connectivity index (χ4v) is 10.8. The van der Waals surface area contributed by atoms with Gasteiger partial charge in [-0.05, 0) is 67.5 Å². The molecule has 1 N–H and O–H groups in total. The number of amides is 1. The van der Waals surface area contributed by atoms with Gasteiger partial charge in [0.25, 0.3) is 0 Å². The fraction of sp³-hybridized carbons (Fsp3) is 0.500. The van der Waals surface area contributed by atoms with Crippen molar-refractivity contribution >= 4 is 25.5 Å². The molecule has 2 heterocycles. The number of nitrogens with one attached hydrogen (secondary N) is 1. The molecule has 244 valence electrons. The number of hydrogen-bond donors (Lipinski definition) is 1. The van der Waals surface area contributed by atoms with Crippen molar-refractivity contribution < 1.29 is 52.5 Å². The third-order valence-corrected chi connectivity index (χ3v) is 13.5. The zero-order chi connectivity index (χ0) is 33.4. The van der Waals surface area contributed by atoms with Crippen LogP contribution in [0.2, 0.25) is 0 Å². The zero-order valence-corrected chi connectivity index (χ0v) is 24.8. The van der Waals surface area contributed by atoms with Crippen LogP contribution in [0.25, 0.3) is 0 Å². The highest BCUT2D eigenvalue weighted by Gasteiger charge is 2.74. The van der Waals surface area contributed by atoms with E-state index in [0.29, 0.717) is 12.1 Å². The highest BCUT2D eigenvalue weighted by atomic mass is 32.2. The molecule has 2 atom stereocenters. The van der Waals surface area contributed by atoms with Gasteiger partial charge in [-0.15, -0.1) is 0 Å². The predicted octanol–water partition coefficient (Wildman–Crippen LogP) is 5.68. The second-order valence-electron chi connectivity index (χ2n) is 11.6. The van der Waals surface area contributed by atoms with E-state index in [-0.39, 0.29) is 60.9 Å². The molecule has 3 aliphatic rings. The second kappa shape index (κ2) is 10.4. The Kier molecular flexibility index (Phi) is 7.64. The third kappa shape index (κ3) is 4.81. The van der Waals surface area contributed by atoms with Gasteiger partial charge in [-0.25, -0.2) is 21.4 Å². The molecule has 2 aromatic carbocycles. The van der Waals surface area contributed by atoms with Crippen LogP contribution < -0.4 is 0 Å². The lowest BCUT2D eigenvalue weighted by atomic mass is 9.76. The molecule has 0 spiro atoms. The standard InChI is InChI=1S/C28H25F8N3O4S2/c29-19-3-5-20(6-4-19)45(42,43)25-9-12-39(23(40)24(16-37)10-13-44(38,41)14-11-24)22(25)8-1-17-15-18(2-7-21(17)25)26(30,27(31,32)33)28(34,35)36/h2-7,15,22,38H,1,8-14H2/t22-,24?,25-,44?/m1/s1. The van der Waals surface area contributed by atoms with Crippen molar-refractivity contribution in [3.05, 3.63) is 65.0 Å². The third-order valence-electron chi connectivity index (χ3n) is 9.27. The maximum absolute atomic E-state index is 15.0. The summed E-state index contributed by atoms with van der Waals surface area (Å²) >= 11 is 0. The van der Waals surface area contributed by atoms with Crippen LogP contribution in [-0.4, -0.2) is 59.9 Å². The van der Waals surface area contributed by atoms with Gasteiger partial charge in [-0.1, -0.05) is 18.2 Å². The minimum atomic E-state index is -6.40. The molecule has 5 rings (SSSR count). The molecule has 1 aliphatic carbocycles. The number of sulfone groups is 1. The molecule has 0 radical (unpaired) electrons. The van der Waals surface area contributed by atoms with Crippen molar-refractivity contribution in [3.63, 3.8) is 0 Å². The Bertz CT molecular complexity index is 1770. The number of nitriles is 1. The van der Waals surface area contributed by atoms with E-state index in [1.165, 1.54) is 0 Å². The molecule has 2 aromatic rings. The summed E-state index contributed by atoms with van der Waals surface area (Å²) in [5, 5.41) is 10.0. The summed E-state index contributed by atoms with van der Waals surface area (Å²) < 4.78 is 157. The molecule has 2 fully saturated rings. The van der Waals surface area contributed by atoms with Crippen LogP contribution in [0.3, 0.4) is 0 Å². The number of hydrogen-bond acceptors (Lipinski definition) is 6. The van der Waals surface area contributed by atoms with Crippen LogP contribution in [-0.2, 0) is 41.2 Å². The van der Waals surface area contributed by atoms with Gasteiger partial charge in [-0.2, -0.15) is 31.6 Å². The lowest BCUT2D eigenvalue weighted by Gasteiger charge is -2.44. The Morgan fingerprint density at radius 3 is 2.09 bits per heavy atom. The van der Waals surface area contributed by atoms with Gasteiger partial charge in [-0.3, -0.25) is 9.57 Å². The van der Waals surface area contributed by atoms with Gasteiger partial charge < -0.3 is 4.90 Å². The first-order valence-electron chi connectivity index (χ1n) is 13.6. The quantitative estimate of drug-likeness (QED) is 0.329. The Labute approximate surface area is 253 Å². The SMILES string of the molecule is N#CC1(C(=O)N2CC[C@@]3(S(=O)(=O)c4ccc(F)cc4)c4ccc(C(F)(C(F)(F)F)C(F)(F)F)cc4CC[C@@H]23)CCS(=N)(=O)CC1. The normalized spacial score (nSPS) is 29.0. The summed E-state index contributed by atoms with van der Waals surface area (Å²) in [4.78, 5) is 14.7. The maximum atomic E-state index is 15.0. The predicted molar refractivity (Wildman–Crippen MR) is 143 cm³/mol. The van der Waals surface area contributed by atoms with E-state index in [4.69, 9.17) is 4.78 Å². The van der Waals surface area contributed by atoms with Gasteiger partial charge >= 0.3 is 18.0 Å². The lowest BCUT2D eigenvalue weighted by Crippen LogP contribution is -2.55. The van der Waals surface area contributed by atoms with Gasteiger partial charge in [0.2, 0.25) is 5.91 Å². The molecule has 0 saturated carbocycles. The molecule has 45 heavy (non-hydrogen) atoms. The number of fused-ring (bicyclic) bond motifs is 3. The average molecular weight is 684 g/mol. The van der Waals surface area contributed by atoms with Crippen LogP contribution in [0, 0.1) is 27.3 Å². The topological polar surface area (TPSA) is 119 Å². The van der Waals surface area contributed by atoms with Crippen molar-refractivity contribution in [3.8, 4) is 6.07 Å². The highest BCUT2D eigenvalue weighted by Crippen LogP contribution is 2.57. The van der Waals surface area contributed by atoms with Gasteiger partial charge in [0.15, 0.2) is 9.84 Å². The molecule has 0 unspecified atom stereocenters. The van der Waals surface area contributed by atoms with E-state index in [9.17, 15) is 57.8 Å². The van der Waals surface area contributed by atoms with Gasteiger partial charge in [0.1, 0.15) is 16.0 Å². The van der Waals surface area contributed by atoms with Gasteiger partial charge in [0, 0.05) is 33.3 Å². The molecular formula is C28H25F8N3O4S2. The number of alkyl halides is 7. The van der Waals surface area contributed by atoms with E-state index in [1.54, 1.807) is 0 Å². The molecule has 0 aromatic heterocycles. The van der Waals surface area contributed by atoms with Crippen LogP contribution in [0.1, 0.15) is 42.4 Å². The van der Waals surface area contributed by atoms with Crippen LogP contribution >= 0.6 is 0 Å². The molecule has 17 heteroatoms. The van der Waals surface area contributed by atoms with Crippen molar-refractivity contribution in [2.45, 2.75) is 65.8 Å². The number of nitrogens with zero attached hydrogens (tertiary/aromatic N) is 2. The van der Waals surface area contributed by atoms with Crippen LogP contribution in [0.15, 0.2) is 47.4 Å². The Balaban J connectivity index is 1.69. The summed E-state index contributed by atoms with van der Waals surface area (Å²) in [6.45, 7) is -0.289. The molecule has 0 bridgehead atoms. The maximum Gasteiger partial charge on any atom is 0.435 e. The Morgan fingerprint density at radius 2 is 1.56 bits per heavy atom. The zero-order valence-electron chi connectivity index (χ0n) is 23.1. The second-order valence-corrected chi connectivity index (χ2v) is 16.2. The summed E-state index contributed by atoms with van der Waals surface area (Å²) in [6, 6.07) is 5.52. The molecule has 2 saturated heterocycles. The Morgan fingerprint density at radius 1 is 0.978 bits per heavy atom. The van der Waals surface area contributed by atoms with Gasteiger partial charge in [0.05, 0.1) is 17.0 Å². The van der Waals surface area contributed by atoms with E-state index >= 15 is 0 Å². The number of carbonyl (C=O) groups excluding carboxylic acids is 1. The summed E-state index contributed by atoms with van der Waals surface area (Å²) in [5.41, 5.74) is -9.83. The number of benzene rings is 2. The first kappa shape index (κ1) is 33.1. The van der Waals surface area contributed by atoms with E-state index in [0.717, 1.165) is 29.2 Å². The van der Waals surface area contributed by atoms with Crippen molar-refractivity contribution in [2.24, 2.45) is 5.41 Å². The molecule has 7 nitrogen and oxygen atoms in total. The summed E-state index contributed by atoms with van der Waals surface area (Å²) in [5.74, 6) is -2.09. The molecule has 1 amide bonds. The van der Waals surface area contributed by atoms with Crippen molar-refractivity contribution in [1.29, 1.82) is 10.0 Å². The van der Waals surface area contributed by atoms with E-state index in [2.05, 4.69) is 0 Å². The number of carbonyl (C=O) groups is 1. The number of halogens is 8. The fourth-order valence-electron chi connectivity index (χ4n) is 6.85. The summed E-state index contributed by atoms with van der Waals surface area (Å²) in [6.07, 6.45) is -14.3. The monoisotopic (exact) mass is 683 g/mol. The van der Waals surface area contributed by atoms with E-state index in [1.807, 2.05) is 6.07 Å². The largest absolute Gasteiger partial charge is 0.435 e.